The molecule has 2 heteroatoms. The highest BCUT2D eigenvalue weighted by Crippen LogP contribution is 2.00. The number of hydrogen-bond donors (Lipinski definition) is 0. The smallest absolute Gasteiger partial charge is 0.138 e. The molecule has 0 aromatic rings. The lowest BCUT2D eigenvalue weighted by Crippen LogP contribution is -1.97. The molecule has 0 aromatic heterocycles. The summed E-state index contributed by atoms with van der Waals surface area (Å²) >= 11 is 0. The zero-order valence-corrected chi connectivity index (χ0v) is 7.47. The molecule has 0 saturated carbocycles. The molecule has 0 bridgehead atoms. The van der Waals surface area contributed by atoms with Gasteiger partial charge in [0.25, 0.3) is 0 Å². The number of Topliss-reactive ketones (excluding diaryl/α,β-unsaturated/α-hetero) is 1. The molecule has 0 spiro atoms. The van der Waals surface area contributed by atoms with Crippen LogP contribution in [0.2, 0.25) is 0 Å². The van der Waals surface area contributed by atoms with Crippen molar-refractivity contribution in [2.75, 3.05) is 7.05 Å². The summed E-state index contributed by atoms with van der Waals surface area (Å²) in [5.74, 6) is 0.309. The minimum absolute atomic E-state index is 0.309. The summed E-state index contributed by atoms with van der Waals surface area (Å²) in [6.07, 6.45) is 6.28. The largest absolute Gasteiger partial charge is 0.300 e. The highest BCUT2D eigenvalue weighted by Gasteiger charge is 1.97. The van der Waals surface area contributed by atoms with Gasteiger partial charge in [0.05, 0.1) is 0 Å². The first kappa shape index (κ1) is 10.3. The number of ketones is 1. The molecule has 0 radical (unpaired) electrons. The second-order valence-corrected chi connectivity index (χ2v) is 2.64. The van der Waals surface area contributed by atoms with Gasteiger partial charge in [0.2, 0.25) is 0 Å². The Bertz CT molecular complexity index is 130. The second-order valence-electron chi connectivity index (χ2n) is 2.64. The minimum Gasteiger partial charge on any atom is -0.300 e. The Morgan fingerprint density at radius 1 is 1.45 bits per heavy atom. The van der Waals surface area contributed by atoms with Crippen molar-refractivity contribution in [3.05, 3.63) is 0 Å². The Hall–Kier alpha value is -0.660. The van der Waals surface area contributed by atoms with Gasteiger partial charge in [-0.25, -0.2) is 0 Å². The Morgan fingerprint density at radius 2 is 2.18 bits per heavy atom. The molecule has 0 aliphatic carbocycles. The molecule has 2 nitrogen and oxygen atoms in total. The molecule has 0 aromatic carbocycles. The van der Waals surface area contributed by atoms with Crippen LogP contribution in [0.25, 0.3) is 0 Å². The van der Waals surface area contributed by atoms with E-state index in [2.05, 4.69) is 11.9 Å². The monoisotopic (exact) mass is 155 g/mol. The van der Waals surface area contributed by atoms with Crippen LogP contribution in [0, 0.1) is 0 Å². The van der Waals surface area contributed by atoms with Crippen LogP contribution in [-0.4, -0.2) is 19.0 Å². The lowest BCUT2D eigenvalue weighted by atomic mass is 10.1. The lowest BCUT2D eigenvalue weighted by Gasteiger charge is -1.94. The molecular weight excluding hydrogens is 138 g/mol. The molecule has 0 fully saturated rings. The quantitative estimate of drug-likeness (QED) is 0.427. The van der Waals surface area contributed by atoms with E-state index < -0.39 is 0 Å². The van der Waals surface area contributed by atoms with Gasteiger partial charge in [0.1, 0.15) is 5.78 Å². The normalized spacial score (nSPS) is 10.7. The summed E-state index contributed by atoms with van der Waals surface area (Å²) in [5.41, 5.74) is 0. The third-order valence-corrected chi connectivity index (χ3v) is 1.56. The summed E-state index contributed by atoms with van der Waals surface area (Å²) in [7, 11) is 1.69. The van der Waals surface area contributed by atoms with Crippen molar-refractivity contribution in [1.82, 2.24) is 0 Å². The molecule has 0 aliphatic rings. The van der Waals surface area contributed by atoms with Gasteiger partial charge in [-0.2, -0.15) is 0 Å². The lowest BCUT2D eigenvalue weighted by molar-refractivity contribution is -0.117. The van der Waals surface area contributed by atoms with Crippen LogP contribution in [0.15, 0.2) is 4.99 Å². The SMILES string of the molecule is CCCCCC(=O)CC=NC. The maximum absolute atomic E-state index is 11.0. The van der Waals surface area contributed by atoms with E-state index in [0.29, 0.717) is 12.2 Å². The standard InChI is InChI=1S/C9H17NO/c1-3-4-5-6-9(11)7-8-10-2/h8H,3-7H2,1-2H3. The maximum Gasteiger partial charge on any atom is 0.138 e. The van der Waals surface area contributed by atoms with Gasteiger partial charge in [-0.15, -0.1) is 0 Å². The molecule has 0 saturated heterocycles. The van der Waals surface area contributed by atoms with Crippen LogP contribution < -0.4 is 0 Å². The predicted molar refractivity (Wildman–Crippen MR) is 48.2 cm³/mol. The summed E-state index contributed by atoms with van der Waals surface area (Å²) in [6.45, 7) is 2.14. The average molecular weight is 155 g/mol. The van der Waals surface area contributed by atoms with E-state index in [4.69, 9.17) is 0 Å². The first-order valence-corrected chi connectivity index (χ1v) is 4.23. The van der Waals surface area contributed by atoms with Crippen LogP contribution >= 0.6 is 0 Å². The predicted octanol–water partition coefficient (Wildman–Crippen LogP) is 2.23. The van der Waals surface area contributed by atoms with Crippen LogP contribution in [-0.2, 0) is 4.79 Å². The van der Waals surface area contributed by atoms with Gasteiger partial charge < -0.3 is 4.99 Å². The minimum atomic E-state index is 0.309. The molecule has 0 amide bonds. The van der Waals surface area contributed by atoms with Crippen LogP contribution in [0.5, 0.6) is 0 Å². The molecule has 64 valence electrons. The fourth-order valence-electron chi connectivity index (χ4n) is 0.867. The van der Waals surface area contributed by atoms with Crippen LogP contribution in [0.3, 0.4) is 0 Å². The van der Waals surface area contributed by atoms with Gasteiger partial charge in [0.15, 0.2) is 0 Å². The number of rotatable bonds is 6. The first-order valence-electron chi connectivity index (χ1n) is 4.23. The third kappa shape index (κ3) is 7.23. The van der Waals surface area contributed by atoms with Crippen molar-refractivity contribution in [2.45, 2.75) is 39.0 Å². The van der Waals surface area contributed by atoms with Crippen LogP contribution in [0.1, 0.15) is 39.0 Å². The molecule has 0 rings (SSSR count). The molecule has 0 aliphatic heterocycles. The fraction of sp³-hybridized carbons (Fsp3) is 0.778. The van der Waals surface area contributed by atoms with E-state index in [1.165, 1.54) is 6.42 Å². The van der Waals surface area contributed by atoms with E-state index in [0.717, 1.165) is 19.3 Å². The highest BCUT2D eigenvalue weighted by atomic mass is 16.1. The molecule has 0 heterocycles. The number of hydrogen-bond acceptors (Lipinski definition) is 2. The Kier molecular flexibility index (Phi) is 7.00. The van der Waals surface area contributed by atoms with E-state index in [1.807, 2.05) is 0 Å². The molecule has 0 atom stereocenters. The highest BCUT2D eigenvalue weighted by molar-refractivity contribution is 5.91. The van der Waals surface area contributed by atoms with E-state index in [-0.39, 0.29) is 0 Å². The second kappa shape index (κ2) is 7.45. The Morgan fingerprint density at radius 3 is 2.73 bits per heavy atom. The number of carbonyl (C=O) groups excluding carboxylic acids is 1. The summed E-state index contributed by atoms with van der Waals surface area (Å²) < 4.78 is 0. The van der Waals surface area contributed by atoms with Gasteiger partial charge >= 0.3 is 0 Å². The zero-order chi connectivity index (χ0) is 8.53. The van der Waals surface area contributed by atoms with Gasteiger partial charge in [-0.05, 0) is 6.42 Å². The number of aliphatic imine (C=N–C) groups is 1. The van der Waals surface area contributed by atoms with E-state index in [9.17, 15) is 4.79 Å². The van der Waals surface area contributed by atoms with Crippen molar-refractivity contribution in [3.63, 3.8) is 0 Å². The topological polar surface area (TPSA) is 29.4 Å². The van der Waals surface area contributed by atoms with E-state index in [1.54, 1.807) is 13.3 Å². The summed E-state index contributed by atoms with van der Waals surface area (Å²) in [5, 5.41) is 0. The van der Waals surface area contributed by atoms with Crippen molar-refractivity contribution >= 4 is 12.0 Å². The number of unbranched alkanes of at least 4 members (excludes halogenated alkanes) is 2. The van der Waals surface area contributed by atoms with Crippen molar-refractivity contribution in [1.29, 1.82) is 0 Å². The molecule has 11 heavy (non-hydrogen) atoms. The number of carbonyl (C=O) groups is 1. The van der Waals surface area contributed by atoms with E-state index >= 15 is 0 Å². The summed E-state index contributed by atoms with van der Waals surface area (Å²) in [4.78, 5) is 14.7. The van der Waals surface area contributed by atoms with Crippen molar-refractivity contribution in [3.8, 4) is 0 Å². The van der Waals surface area contributed by atoms with Crippen molar-refractivity contribution in [2.24, 2.45) is 4.99 Å². The fourth-order valence-corrected chi connectivity index (χ4v) is 0.867. The summed E-state index contributed by atoms with van der Waals surface area (Å²) in [6, 6.07) is 0. The van der Waals surface area contributed by atoms with Gasteiger partial charge in [0, 0.05) is 26.1 Å². The number of nitrogens with zero attached hydrogens (tertiary/aromatic N) is 1. The third-order valence-electron chi connectivity index (χ3n) is 1.56. The average Bonchev–Trinajstić information content (AvgIpc) is 2.01. The first-order chi connectivity index (χ1) is 5.31. The maximum atomic E-state index is 11.0. The Balaban J connectivity index is 3.23. The molecular formula is C9H17NO. The van der Waals surface area contributed by atoms with Crippen LogP contribution in [0.4, 0.5) is 0 Å². The van der Waals surface area contributed by atoms with Crippen molar-refractivity contribution < 1.29 is 4.79 Å². The van der Waals surface area contributed by atoms with Gasteiger partial charge in [-0.1, -0.05) is 19.8 Å². The molecule has 0 unspecified atom stereocenters. The van der Waals surface area contributed by atoms with Gasteiger partial charge in [-0.3, -0.25) is 4.79 Å². The molecule has 0 N–H and O–H groups in total. The Labute approximate surface area is 68.7 Å². The zero-order valence-electron chi connectivity index (χ0n) is 7.47.